The van der Waals surface area contributed by atoms with E-state index in [-0.39, 0.29) is 0 Å². The molecule has 2 nitrogen and oxygen atoms in total. The summed E-state index contributed by atoms with van der Waals surface area (Å²) >= 11 is 0. The number of aromatic nitrogens is 2. The molecule has 0 atom stereocenters. The molecule has 1 aromatic heterocycles. The van der Waals surface area contributed by atoms with Crippen LogP contribution in [0.3, 0.4) is 0 Å². The van der Waals surface area contributed by atoms with Crippen molar-refractivity contribution in [2.45, 2.75) is 6.92 Å². The van der Waals surface area contributed by atoms with E-state index in [4.69, 9.17) is 0 Å². The summed E-state index contributed by atoms with van der Waals surface area (Å²) in [5, 5.41) is 1.06. The van der Waals surface area contributed by atoms with Crippen LogP contribution in [0.2, 0.25) is 0 Å². The molecular weight excluding hydrogens is 160 g/mol. The topological polar surface area (TPSA) is 25.8 Å². The van der Waals surface area contributed by atoms with E-state index < -0.39 is 0 Å². The number of benzene rings is 1. The predicted molar refractivity (Wildman–Crippen MR) is 54.2 cm³/mol. The van der Waals surface area contributed by atoms with Crippen LogP contribution in [-0.4, -0.2) is 9.97 Å². The SMILES string of the molecule is C=C(C)c1ncc2ccccc2n1. The van der Waals surface area contributed by atoms with Gasteiger partial charge in [0.25, 0.3) is 0 Å². The Kier molecular flexibility index (Phi) is 1.81. The van der Waals surface area contributed by atoms with Crippen LogP contribution in [0, 0.1) is 0 Å². The molecule has 0 saturated heterocycles. The van der Waals surface area contributed by atoms with Crippen molar-refractivity contribution in [1.82, 2.24) is 9.97 Å². The summed E-state index contributed by atoms with van der Waals surface area (Å²) < 4.78 is 0. The van der Waals surface area contributed by atoms with E-state index in [1.807, 2.05) is 37.4 Å². The van der Waals surface area contributed by atoms with E-state index in [0.29, 0.717) is 0 Å². The highest BCUT2D eigenvalue weighted by Gasteiger charge is 1.98. The van der Waals surface area contributed by atoms with Gasteiger partial charge in [-0.1, -0.05) is 24.8 Å². The van der Waals surface area contributed by atoms with Crippen molar-refractivity contribution < 1.29 is 0 Å². The average Bonchev–Trinajstić information content (AvgIpc) is 2.17. The lowest BCUT2D eigenvalue weighted by Crippen LogP contribution is -1.90. The van der Waals surface area contributed by atoms with Crippen molar-refractivity contribution in [1.29, 1.82) is 0 Å². The van der Waals surface area contributed by atoms with Gasteiger partial charge in [-0.2, -0.15) is 0 Å². The third-order valence-corrected chi connectivity index (χ3v) is 1.87. The first kappa shape index (κ1) is 7.92. The molecule has 0 aliphatic heterocycles. The summed E-state index contributed by atoms with van der Waals surface area (Å²) in [6, 6.07) is 7.92. The van der Waals surface area contributed by atoms with E-state index in [1.54, 1.807) is 0 Å². The minimum Gasteiger partial charge on any atom is -0.236 e. The summed E-state index contributed by atoms with van der Waals surface area (Å²) in [7, 11) is 0. The Bertz CT molecular complexity index is 460. The van der Waals surface area contributed by atoms with Gasteiger partial charge in [0.2, 0.25) is 0 Å². The summed E-state index contributed by atoms with van der Waals surface area (Å²) in [5.74, 6) is 0.721. The molecule has 0 bridgehead atoms. The molecule has 0 aliphatic carbocycles. The van der Waals surface area contributed by atoms with Crippen LogP contribution in [0.4, 0.5) is 0 Å². The Labute approximate surface area is 77.0 Å². The molecule has 0 unspecified atom stereocenters. The Hall–Kier alpha value is -1.70. The fraction of sp³-hybridized carbons (Fsp3) is 0.0909. The lowest BCUT2D eigenvalue weighted by Gasteiger charge is -1.99. The zero-order valence-corrected chi connectivity index (χ0v) is 7.49. The molecule has 0 aliphatic rings. The number of hydrogen-bond acceptors (Lipinski definition) is 2. The number of hydrogen-bond donors (Lipinski definition) is 0. The van der Waals surface area contributed by atoms with Gasteiger partial charge >= 0.3 is 0 Å². The molecule has 64 valence electrons. The van der Waals surface area contributed by atoms with Gasteiger partial charge in [-0.3, -0.25) is 0 Å². The first-order valence-corrected chi connectivity index (χ1v) is 4.15. The zero-order valence-electron chi connectivity index (χ0n) is 7.49. The van der Waals surface area contributed by atoms with E-state index >= 15 is 0 Å². The van der Waals surface area contributed by atoms with Crippen LogP contribution in [-0.2, 0) is 0 Å². The van der Waals surface area contributed by atoms with Gasteiger partial charge in [0.05, 0.1) is 5.52 Å². The first-order chi connectivity index (χ1) is 6.27. The van der Waals surface area contributed by atoms with Gasteiger partial charge in [0.15, 0.2) is 5.82 Å². The maximum Gasteiger partial charge on any atom is 0.154 e. The average molecular weight is 170 g/mol. The van der Waals surface area contributed by atoms with Gasteiger partial charge in [0, 0.05) is 11.6 Å². The number of fused-ring (bicyclic) bond motifs is 1. The van der Waals surface area contributed by atoms with Crippen LogP contribution in [0.25, 0.3) is 16.5 Å². The van der Waals surface area contributed by atoms with Crippen molar-refractivity contribution >= 4 is 16.5 Å². The Balaban J connectivity index is 2.69. The Morgan fingerprint density at radius 1 is 1.31 bits per heavy atom. The lowest BCUT2D eigenvalue weighted by atomic mass is 10.2. The summed E-state index contributed by atoms with van der Waals surface area (Å²) in [6.07, 6.45) is 1.83. The van der Waals surface area contributed by atoms with E-state index in [1.165, 1.54) is 0 Å². The molecule has 1 aromatic carbocycles. The molecule has 0 radical (unpaired) electrons. The minimum atomic E-state index is 0.721. The molecule has 2 rings (SSSR count). The summed E-state index contributed by atoms with van der Waals surface area (Å²) in [4.78, 5) is 8.56. The molecular formula is C11H10N2. The fourth-order valence-electron chi connectivity index (χ4n) is 1.18. The van der Waals surface area contributed by atoms with E-state index in [0.717, 1.165) is 22.3 Å². The summed E-state index contributed by atoms with van der Waals surface area (Å²) in [6.45, 7) is 5.71. The number of rotatable bonds is 1. The largest absolute Gasteiger partial charge is 0.236 e. The highest BCUT2D eigenvalue weighted by molar-refractivity contribution is 5.78. The molecule has 1 heterocycles. The van der Waals surface area contributed by atoms with Gasteiger partial charge < -0.3 is 0 Å². The third kappa shape index (κ3) is 1.43. The first-order valence-electron chi connectivity index (χ1n) is 4.15. The van der Waals surface area contributed by atoms with Gasteiger partial charge in [-0.05, 0) is 18.6 Å². The van der Waals surface area contributed by atoms with Crippen molar-refractivity contribution in [3.05, 3.63) is 42.9 Å². The maximum absolute atomic E-state index is 4.36. The van der Waals surface area contributed by atoms with Crippen LogP contribution in [0.5, 0.6) is 0 Å². The zero-order chi connectivity index (χ0) is 9.26. The second-order valence-electron chi connectivity index (χ2n) is 3.03. The molecule has 13 heavy (non-hydrogen) atoms. The molecule has 2 aromatic rings. The number of allylic oxidation sites excluding steroid dienone is 1. The standard InChI is InChI=1S/C11H10N2/c1-8(2)11-12-7-9-5-3-4-6-10(9)13-11/h3-7H,1H2,2H3. The molecule has 0 spiro atoms. The minimum absolute atomic E-state index is 0.721. The highest BCUT2D eigenvalue weighted by atomic mass is 14.9. The molecule has 0 fully saturated rings. The number of nitrogens with zero attached hydrogens (tertiary/aromatic N) is 2. The third-order valence-electron chi connectivity index (χ3n) is 1.87. The number of para-hydroxylation sites is 1. The Morgan fingerprint density at radius 2 is 2.08 bits per heavy atom. The van der Waals surface area contributed by atoms with E-state index in [9.17, 15) is 0 Å². The van der Waals surface area contributed by atoms with Gasteiger partial charge in [0.1, 0.15) is 0 Å². The molecule has 0 saturated carbocycles. The van der Waals surface area contributed by atoms with Crippen molar-refractivity contribution in [3.8, 4) is 0 Å². The smallest absolute Gasteiger partial charge is 0.154 e. The van der Waals surface area contributed by atoms with Gasteiger partial charge in [-0.15, -0.1) is 0 Å². The normalized spacial score (nSPS) is 10.2. The monoisotopic (exact) mass is 170 g/mol. The molecule has 0 N–H and O–H groups in total. The molecule has 0 amide bonds. The fourth-order valence-corrected chi connectivity index (χ4v) is 1.18. The van der Waals surface area contributed by atoms with Crippen LogP contribution in [0.15, 0.2) is 37.0 Å². The second-order valence-corrected chi connectivity index (χ2v) is 3.03. The van der Waals surface area contributed by atoms with Crippen LogP contribution >= 0.6 is 0 Å². The van der Waals surface area contributed by atoms with Crippen molar-refractivity contribution in [3.63, 3.8) is 0 Å². The van der Waals surface area contributed by atoms with E-state index in [2.05, 4.69) is 16.5 Å². The van der Waals surface area contributed by atoms with Crippen LogP contribution in [0.1, 0.15) is 12.7 Å². The van der Waals surface area contributed by atoms with Gasteiger partial charge in [-0.25, -0.2) is 9.97 Å². The highest BCUT2D eigenvalue weighted by Crippen LogP contribution is 2.12. The van der Waals surface area contributed by atoms with Crippen molar-refractivity contribution in [2.24, 2.45) is 0 Å². The predicted octanol–water partition coefficient (Wildman–Crippen LogP) is 2.66. The second kappa shape index (κ2) is 2.98. The lowest BCUT2D eigenvalue weighted by molar-refractivity contribution is 1.16. The quantitative estimate of drug-likeness (QED) is 0.657. The Morgan fingerprint density at radius 3 is 2.85 bits per heavy atom. The maximum atomic E-state index is 4.36. The molecule has 2 heteroatoms. The summed E-state index contributed by atoms with van der Waals surface area (Å²) in [5.41, 5.74) is 1.86. The van der Waals surface area contributed by atoms with Crippen LogP contribution < -0.4 is 0 Å². The van der Waals surface area contributed by atoms with Crippen molar-refractivity contribution in [2.75, 3.05) is 0 Å².